The number of hydrogen-bond donors (Lipinski definition) is 1. The molecule has 0 heterocycles. The van der Waals surface area contributed by atoms with E-state index in [1.54, 1.807) is 11.8 Å². The van der Waals surface area contributed by atoms with Crippen LogP contribution in [0.4, 0.5) is 0 Å². The van der Waals surface area contributed by atoms with Crippen LogP contribution in [-0.2, 0) is 6.42 Å². The molecule has 0 aliphatic heterocycles. The van der Waals surface area contributed by atoms with Crippen molar-refractivity contribution in [3.8, 4) is 0 Å². The van der Waals surface area contributed by atoms with Crippen molar-refractivity contribution in [1.82, 2.24) is 0 Å². The van der Waals surface area contributed by atoms with Crippen molar-refractivity contribution < 1.29 is 5.11 Å². The van der Waals surface area contributed by atoms with Crippen molar-refractivity contribution in [1.29, 1.82) is 0 Å². The van der Waals surface area contributed by atoms with Crippen LogP contribution in [0.5, 0.6) is 0 Å². The molecule has 3 heteroatoms. The minimum Gasteiger partial charge on any atom is -0.392 e. The monoisotopic (exact) mass is 322 g/mol. The molecule has 0 amide bonds. The zero-order valence-corrected chi connectivity index (χ0v) is 12.3. The molecule has 0 saturated heterocycles. The average molecular weight is 323 g/mol. The van der Waals surface area contributed by atoms with E-state index in [2.05, 4.69) is 34.1 Å². The van der Waals surface area contributed by atoms with Gasteiger partial charge in [-0.25, -0.2) is 0 Å². The fourth-order valence-electron chi connectivity index (χ4n) is 1.70. The van der Waals surface area contributed by atoms with Gasteiger partial charge in [0.2, 0.25) is 0 Å². The fraction of sp³-hybridized carbons (Fsp3) is 0.200. The standard InChI is InChI=1S/C15H15BrOS/c16-13-6-4-5-12(9-13)10-14(17)11-18-15-7-2-1-3-8-15/h1-9,14,17H,10-11H2. The Hall–Kier alpha value is -0.770. The van der Waals surface area contributed by atoms with E-state index in [-0.39, 0.29) is 6.10 Å². The number of aliphatic hydroxyl groups excluding tert-OH is 1. The molecule has 0 fully saturated rings. The number of halogens is 1. The van der Waals surface area contributed by atoms with Crippen LogP contribution >= 0.6 is 27.7 Å². The summed E-state index contributed by atoms with van der Waals surface area (Å²) in [6.07, 6.45) is 0.378. The van der Waals surface area contributed by atoms with Crippen molar-refractivity contribution in [3.05, 3.63) is 64.6 Å². The van der Waals surface area contributed by atoms with Crippen LogP contribution in [0.3, 0.4) is 0 Å². The van der Waals surface area contributed by atoms with Crippen LogP contribution < -0.4 is 0 Å². The Morgan fingerprint density at radius 2 is 1.83 bits per heavy atom. The number of thioether (sulfide) groups is 1. The third-order valence-corrected chi connectivity index (χ3v) is 4.20. The Morgan fingerprint density at radius 1 is 1.06 bits per heavy atom. The lowest BCUT2D eigenvalue weighted by Crippen LogP contribution is -2.13. The lowest BCUT2D eigenvalue weighted by atomic mass is 10.1. The molecule has 1 nitrogen and oxygen atoms in total. The van der Waals surface area contributed by atoms with Gasteiger partial charge < -0.3 is 5.11 Å². The SMILES string of the molecule is OC(CSc1ccccc1)Cc1cccc(Br)c1. The van der Waals surface area contributed by atoms with Gasteiger partial charge in [-0.2, -0.15) is 0 Å². The van der Waals surface area contributed by atoms with Gasteiger partial charge in [-0.15, -0.1) is 11.8 Å². The predicted octanol–water partition coefficient (Wildman–Crippen LogP) is 4.14. The van der Waals surface area contributed by atoms with Gasteiger partial charge in [0.05, 0.1) is 6.10 Å². The van der Waals surface area contributed by atoms with Gasteiger partial charge in [0.1, 0.15) is 0 Å². The molecule has 0 radical (unpaired) electrons. The predicted molar refractivity (Wildman–Crippen MR) is 81.0 cm³/mol. The van der Waals surface area contributed by atoms with E-state index < -0.39 is 0 Å². The first-order valence-electron chi connectivity index (χ1n) is 5.84. The molecule has 2 aromatic rings. The molecule has 0 aliphatic rings. The van der Waals surface area contributed by atoms with Gasteiger partial charge >= 0.3 is 0 Å². The molecule has 2 rings (SSSR count). The molecule has 0 aromatic heterocycles. The molecule has 2 aromatic carbocycles. The number of aliphatic hydroxyl groups is 1. The first kappa shape index (κ1) is 13.7. The topological polar surface area (TPSA) is 20.2 Å². The molecule has 18 heavy (non-hydrogen) atoms. The molecule has 0 bridgehead atoms. The molecule has 0 aliphatic carbocycles. The van der Waals surface area contributed by atoms with E-state index in [1.165, 1.54) is 4.90 Å². The molecule has 1 unspecified atom stereocenters. The van der Waals surface area contributed by atoms with Crippen molar-refractivity contribution in [2.75, 3.05) is 5.75 Å². The summed E-state index contributed by atoms with van der Waals surface area (Å²) in [5, 5.41) is 10.0. The lowest BCUT2D eigenvalue weighted by molar-refractivity contribution is 0.200. The van der Waals surface area contributed by atoms with Gasteiger partial charge in [0.15, 0.2) is 0 Å². The third kappa shape index (κ3) is 4.48. The maximum absolute atomic E-state index is 10.0. The maximum Gasteiger partial charge on any atom is 0.0674 e. The van der Waals surface area contributed by atoms with Crippen molar-refractivity contribution in [2.45, 2.75) is 17.4 Å². The van der Waals surface area contributed by atoms with Crippen molar-refractivity contribution >= 4 is 27.7 Å². The van der Waals surface area contributed by atoms with Crippen LogP contribution in [0.15, 0.2) is 64.0 Å². The number of rotatable bonds is 5. The second-order valence-electron chi connectivity index (χ2n) is 4.11. The highest BCUT2D eigenvalue weighted by atomic mass is 79.9. The van der Waals surface area contributed by atoms with Crippen molar-refractivity contribution in [3.63, 3.8) is 0 Å². The normalized spacial score (nSPS) is 12.3. The minimum absolute atomic E-state index is 0.315. The zero-order chi connectivity index (χ0) is 12.8. The van der Waals surface area contributed by atoms with E-state index in [0.717, 1.165) is 15.8 Å². The second kappa shape index (κ2) is 6.98. The summed E-state index contributed by atoms with van der Waals surface area (Å²) >= 11 is 5.13. The Morgan fingerprint density at radius 3 is 2.56 bits per heavy atom. The highest BCUT2D eigenvalue weighted by Gasteiger charge is 2.06. The Bertz CT molecular complexity index is 487. The second-order valence-corrected chi connectivity index (χ2v) is 6.12. The summed E-state index contributed by atoms with van der Waals surface area (Å²) < 4.78 is 1.06. The van der Waals surface area contributed by atoms with Crippen LogP contribution in [-0.4, -0.2) is 17.0 Å². The van der Waals surface area contributed by atoms with Gasteiger partial charge in [-0.1, -0.05) is 46.3 Å². The Balaban J connectivity index is 1.84. The molecule has 94 valence electrons. The number of benzene rings is 2. The Kier molecular flexibility index (Phi) is 5.29. The molecule has 1 N–H and O–H groups in total. The van der Waals surface area contributed by atoms with Gasteiger partial charge in [-0.3, -0.25) is 0 Å². The zero-order valence-electron chi connectivity index (χ0n) is 9.92. The summed E-state index contributed by atoms with van der Waals surface area (Å²) in [5.74, 6) is 0.719. The summed E-state index contributed by atoms with van der Waals surface area (Å²) in [4.78, 5) is 1.20. The van der Waals surface area contributed by atoms with E-state index >= 15 is 0 Å². The van der Waals surface area contributed by atoms with Crippen molar-refractivity contribution in [2.24, 2.45) is 0 Å². The molecule has 0 saturated carbocycles. The molecular formula is C15H15BrOS. The number of hydrogen-bond acceptors (Lipinski definition) is 2. The first-order valence-corrected chi connectivity index (χ1v) is 7.62. The summed E-state index contributed by atoms with van der Waals surface area (Å²) in [6, 6.07) is 18.3. The molecular weight excluding hydrogens is 308 g/mol. The third-order valence-electron chi connectivity index (χ3n) is 2.55. The van der Waals surface area contributed by atoms with Crippen LogP contribution in [0.1, 0.15) is 5.56 Å². The van der Waals surface area contributed by atoms with Crippen LogP contribution in [0.25, 0.3) is 0 Å². The van der Waals surface area contributed by atoms with Crippen LogP contribution in [0, 0.1) is 0 Å². The average Bonchev–Trinajstić information content (AvgIpc) is 2.38. The van der Waals surface area contributed by atoms with Gasteiger partial charge in [0.25, 0.3) is 0 Å². The summed E-state index contributed by atoms with van der Waals surface area (Å²) in [7, 11) is 0. The van der Waals surface area contributed by atoms with Crippen LogP contribution in [0.2, 0.25) is 0 Å². The summed E-state index contributed by atoms with van der Waals surface area (Å²) in [6.45, 7) is 0. The quantitative estimate of drug-likeness (QED) is 0.835. The Labute approximate surface area is 120 Å². The van der Waals surface area contributed by atoms with E-state index in [9.17, 15) is 5.11 Å². The smallest absolute Gasteiger partial charge is 0.0674 e. The molecule has 0 spiro atoms. The van der Waals surface area contributed by atoms with Gasteiger partial charge in [0, 0.05) is 15.1 Å². The highest BCUT2D eigenvalue weighted by molar-refractivity contribution is 9.10. The van der Waals surface area contributed by atoms with E-state index in [4.69, 9.17) is 0 Å². The first-order chi connectivity index (χ1) is 8.74. The van der Waals surface area contributed by atoms with E-state index in [1.807, 2.05) is 36.4 Å². The highest BCUT2D eigenvalue weighted by Crippen LogP contribution is 2.20. The fourth-order valence-corrected chi connectivity index (χ4v) is 3.00. The maximum atomic E-state index is 10.0. The lowest BCUT2D eigenvalue weighted by Gasteiger charge is -2.10. The largest absolute Gasteiger partial charge is 0.392 e. The molecule has 1 atom stereocenters. The summed E-state index contributed by atoms with van der Waals surface area (Å²) in [5.41, 5.74) is 1.16. The van der Waals surface area contributed by atoms with E-state index in [0.29, 0.717) is 6.42 Å². The minimum atomic E-state index is -0.315. The van der Waals surface area contributed by atoms with Gasteiger partial charge in [-0.05, 0) is 36.2 Å².